The average Bonchev–Trinajstić information content (AvgIpc) is 2.52. The molecule has 1 aliphatic rings. The highest BCUT2D eigenvalue weighted by atomic mass is 35.5. The number of carbonyl (C=O) groups excluding carboxylic acids is 1. The number of fused-ring (bicyclic) bond motifs is 1. The van der Waals surface area contributed by atoms with Crippen LogP contribution in [-0.4, -0.2) is 30.5 Å². The number of amides is 1. The Morgan fingerprint density at radius 3 is 2.87 bits per heavy atom. The molecule has 0 bridgehead atoms. The van der Waals surface area contributed by atoms with Crippen molar-refractivity contribution in [1.82, 2.24) is 15.6 Å². The molecule has 0 saturated heterocycles. The summed E-state index contributed by atoms with van der Waals surface area (Å²) in [5.74, 6) is -0.789. The summed E-state index contributed by atoms with van der Waals surface area (Å²) in [6, 6.07) is 5.22. The first-order valence-corrected chi connectivity index (χ1v) is 7.13. The van der Waals surface area contributed by atoms with Crippen molar-refractivity contribution in [3.8, 4) is 0 Å². The van der Waals surface area contributed by atoms with Gasteiger partial charge in [-0.1, -0.05) is 11.6 Å². The number of pyridine rings is 1. The fourth-order valence-electron chi connectivity index (χ4n) is 2.54. The Bertz CT molecular complexity index is 817. The number of nitrogens with one attached hydrogen (secondary N) is 3. The molecule has 3 rings (SSSR count). The molecule has 23 heavy (non-hydrogen) atoms. The molecule has 2 aromatic rings. The van der Waals surface area contributed by atoms with E-state index in [0.29, 0.717) is 17.4 Å². The highest BCUT2D eigenvalue weighted by Gasteiger charge is 2.13. The number of hydrogen-bond donors (Lipinski definition) is 3. The number of rotatable bonds is 3. The van der Waals surface area contributed by atoms with Crippen LogP contribution in [0.2, 0.25) is 0 Å². The first-order valence-electron chi connectivity index (χ1n) is 7.13. The molecule has 0 saturated carbocycles. The topological polar surface area (TPSA) is 74.0 Å². The van der Waals surface area contributed by atoms with Crippen LogP contribution >= 0.6 is 12.4 Å². The summed E-state index contributed by atoms with van der Waals surface area (Å²) >= 11 is 0. The van der Waals surface area contributed by atoms with Crippen LogP contribution < -0.4 is 16.2 Å². The lowest BCUT2D eigenvalue weighted by Gasteiger charge is -2.15. The van der Waals surface area contributed by atoms with Crippen LogP contribution in [0.25, 0.3) is 10.9 Å². The van der Waals surface area contributed by atoms with Crippen LogP contribution in [0.15, 0.2) is 40.7 Å². The van der Waals surface area contributed by atoms with Gasteiger partial charge in [-0.15, -0.1) is 12.4 Å². The number of aromatic amines is 1. The normalized spacial score (nSPS) is 14.0. The molecule has 122 valence electrons. The molecule has 0 fully saturated rings. The summed E-state index contributed by atoms with van der Waals surface area (Å²) in [6.07, 6.45) is 2.94. The van der Waals surface area contributed by atoms with Gasteiger partial charge >= 0.3 is 0 Å². The van der Waals surface area contributed by atoms with Gasteiger partial charge in [0.25, 0.3) is 5.91 Å². The van der Waals surface area contributed by atoms with Gasteiger partial charge in [-0.2, -0.15) is 0 Å². The van der Waals surface area contributed by atoms with E-state index in [-0.39, 0.29) is 23.9 Å². The lowest BCUT2D eigenvalue weighted by atomic mass is 10.1. The average molecular weight is 338 g/mol. The fraction of sp³-hybridized carbons (Fsp3) is 0.250. The van der Waals surface area contributed by atoms with Gasteiger partial charge < -0.3 is 15.6 Å². The van der Waals surface area contributed by atoms with E-state index in [1.54, 1.807) is 0 Å². The molecular formula is C16H17ClFN3O2. The number of H-pyrrole nitrogens is 1. The van der Waals surface area contributed by atoms with E-state index in [9.17, 15) is 14.0 Å². The van der Waals surface area contributed by atoms with Gasteiger partial charge in [0.2, 0.25) is 5.56 Å². The second kappa shape index (κ2) is 7.39. The minimum atomic E-state index is -0.458. The smallest absolute Gasteiger partial charge is 0.252 e. The molecule has 5 nitrogen and oxygen atoms in total. The van der Waals surface area contributed by atoms with E-state index in [4.69, 9.17) is 0 Å². The van der Waals surface area contributed by atoms with Crippen LogP contribution in [0.1, 0.15) is 16.8 Å². The van der Waals surface area contributed by atoms with Crippen LogP contribution in [0.3, 0.4) is 0 Å². The van der Waals surface area contributed by atoms with Crippen LogP contribution in [0.4, 0.5) is 4.39 Å². The molecule has 0 aliphatic carbocycles. The summed E-state index contributed by atoms with van der Waals surface area (Å²) < 4.78 is 13.3. The first kappa shape index (κ1) is 17.2. The quantitative estimate of drug-likeness (QED) is 0.747. The van der Waals surface area contributed by atoms with Gasteiger partial charge in [0.05, 0.1) is 11.1 Å². The number of carbonyl (C=O) groups is 1. The fourth-order valence-corrected chi connectivity index (χ4v) is 2.54. The standard InChI is InChI=1S/C16H16FN3O2.ClH/c17-11-1-2-12-13(8-15(21)20-14(12)7-11)16(22)19-9-10-3-5-18-6-4-10;/h1-3,7-8,18H,4-6,9H2,(H,19,22)(H,20,21);1H. The number of benzene rings is 1. The van der Waals surface area contributed by atoms with Crippen LogP contribution in [-0.2, 0) is 0 Å². The van der Waals surface area contributed by atoms with Crippen LogP contribution in [0, 0.1) is 5.82 Å². The van der Waals surface area contributed by atoms with Gasteiger partial charge in [-0.05, 0) is 31.2 Å². The molecular weight excluding hydrogens is 321 g/mol. The third-order valence-corrected chi connectivity index (χ3v) is 3.68. The highest BCUT2D eigenvalue weighted by molar-refractivity contribution is 6.06. The zero-order valence-corrected chi connectivity index (χ0v) is 13.1. The summed E-state index contributed by atoms with van der Waals surface area (Å²) in [6.45, 7) is 2.16. The zero-order chi connectivity index (χ0) is 15.5. The van der Waals surface area contributed by atoms with Gasteiger partial charge in [-0.3, -0.25) is 9.59 Å². The largest absolute Gasteiger partial charge is 0.348 e. The Morgan fingerprint density at radius 1 is 1.30 bits per heavy atom. The van der Waals surface area contributed by atoms with Crippen molar-refractivity contribution in [1.29, 1.82) is 0 Å². The van der Waals surface area contributed by atoms with Gasteiger partial charge in [-0.25, -0.2) is 4.39 Å². The van der Waals surface area contributed by atoms with Crippen LogP contribution in [0.5, 0.6) is 0 Å². The molecule has 1 aromatic heterocycles. The first-order chi connectivity index (χ1) is 10.6. The Balaban J connectivity index is 0.00000192. The summed E-state index contributed by atoms with van der Waals surface area (Å²) in [5.41, 5.74) is 1.31. The molecule has 2 heterocycles. The Hall–Kier alpha value is -2.18. The molecule has 1 aliphatic heterocycles. The summed E-state index contributed by atoms with van der Waals surface area (Å²) in [7, 11) is 0. The van der Waals surface area contributed by atoms with E-state index >= 15 is 0 Å². The lowest BCUT2D eigenvalue weighted by Crippen LogP contribution is -2.30. The van der Waals surface area contributed by atoms with E-state index in [2.05, 4.69) is 21.7 Å². The molecule has 1 amide bonds. The molecule has 3 N–H and O–H groups in total. The third-order valence-electron chi connectivity index (χ3n) is 3.68. The van der Waals surface area contributed by atoms with Crippen molar-refractivity contribution in [2.45, 2.75) is 6.42 Å². The monoisotopic (exact) mass is 337 g/mol. The molecule has 0 spiro atoms. The Kier molecular flexibility index (Phi) is 5.52. The van der Waals surface area contributed by atoms with Crippen molar-refractivity contribution in [2.75, 3.05) is 19.6 Å². The van der Waals surface area contributed by atoms with Crippen molar-refractivity contribution in [2.24, 2.45) is 0 Å². The molecule has 7 heteroatoms. The maximum absolute atomic E-state index is 13.3. The lowest BCUT2D eigenvalue weighted by molar-refractivity contribution is 0.0958. The maximum atomic E-state index is 13.3. The number of hydrogen-bond acceptors (Lipinski definition) is 3. The third kappa shape index (κ3) is 3.97. The molecule has 0 atom stereocenters. The van der Waals surface area contributed by atoms with Crippen molar-refractivity contribution < 1.29 is 9.18 Å². The highest BCUT2D eigenvalue weighted by Crippen LogP contribution is 2.16. The zero-order valence-electron chi connectivity index (χ0n) is 12.3. The molecule has 0 radical (unpaired) electrons. The predicted molar refractivity (Wildman–Crippen MR) is 89.7 cm³/mol. The predicted octanol–water partition coefficient (Wildman–Crippen LogP) is 1.74. The minimum Gasteiger partial charge on any atom is -0.348 e. The molecule has 1 aromatic carbocycles. The van der Waals surface area contributed by atoms with Gasteiger partial charge in [0.1, 0.15) is 5.82 Å². The van der Waals surface area contributed by atoms with E-state index < -0.39 is 11.4 Å². The number of aromatic nitrogens is 1. The van der Waals surface area contributed by atoms with Crippen molar-refractivity contribution >= 4 is 29.2 Å². The summed E-state index contributed by atoms with van der Waals surface area (Å²) in [4.78, 5) is 26.5. The van der Waals surface area contributed by atoms with Crippen molar-refractivity contribution in [3.63, 3.8) is 0 Å². The van der Waals surface area contributed by atoms with Gasteiger partial charge in [0.15, 0.2) is 0 Å². The maximum Gasteiger partial charge on any atom is 0.252 e. The summed E-state index contributed by atoms with van der Waals surface area (Å²) in [5, 5.41) is 6.55. The number of halogens is 2. The Labute approximate surface area is 138 Å². The SMILES string of the molecule is Cl.O=C(NCC1=CCNCC1)c1cc(=O)[nH]c2cc(F)ccc12. The minimum absolute atomic E-state index is 0. The van der Waals surface area contributed by atoms with E-state index in [1.165, 1.54) is 24.3 Å². The second-order valence-electron chi connectivity index (χ2n) is 5.24. The van der Waals surface area contributed by atoms with Gasteiger partial charge in [0, 0.05) is 24.5 Å². The van der Waals surface area contributed by atoms with E-state index in [0.717, 1.165) is 25.1 Å². The molecule has 0 unspecified atom stereocenters. The Morgan fingerprint density at radius 2 is 2.13 bits per heavy atom. The van der Waals surface area contributed by atoms with Crippen molar-refractivity contribution in [3.05, 3.63) is 57.6 Å². The van der Waals surface area contributed by atoms with E-state index in [1.807, 2.05) is 0 Å². The second-order valence-corrected chi connectivity index (χ2v) is 5.24.